The molecule has 0 saturated carbocycles. The molecule has 4 nitrogen and oxygen atoms in total. The second-order valence-electron chi connectivity index (χ2n) is 4.55. The van der Waals surface area contributed by atoms with Crippen molar-refractivity contribution in [3.8, 4) is 0 Å². The summed E-state index contributed by atoms with van der Waals surface area (Å²) in [5, 5.41) is -0.632. The molecule has 106 valence electrons. The van der Waals surface area contributed by atoms with Crippen LogP contribution in [0.2, 0.25) is 0 Å². The van der Waals surface area contributed by atoms with Crippen molar-refractivity contribution in [3.05, 3.63) is 35.9 Å². The fraction of sp³-hybridized carbons (Fsp3) is 0.462. The number of carbonyl (C=O) groups is 1. The van der Waals surface area contributed by atoms with Crippen LogP contribution >= 0.6 is 11.6 Å². The Kier molecular flexibility index (Phi) is 5.97. The lowest BCUT2D eigenvalue weighted by molar-refractivity contribution is -0.111. The van der Waals surface area contributed by atoms with Gasteiger partial charge in [-0.2, -0.15) is 4.31 Å². The zero-order valence-corrected chi connectivity index (χ0v) is 12.6. The molecule has 0 unspecified atom stereocenters. The lowest BCUT2D eigenvalue weighted by atomic mass is 10.2. The lowest BCUT2D eigenvalue weighted by Crippen LogP contribution is -2.38. The maximum atomic E-state index is 12.2. The van der Waals surface area contributed by atoms with Crippen LogP contribution < -0.4 is 0 Å². The molecule has 0 bridgehead atoms. The molecule has 0 saturated heterocycles. The van der Waals surface area contributed by atoms with Crippen molar-refractivity contribution in [2.45, 2.75) is 32.9 Å². The molecule has 0 radical (unpaired) electrons. The maximum Gasteiger partial charge on any atom is 0.222 e. The summed E-state index contributed by atoms with van der Waals surface area (Å²) in [6.07, 6.45) is -0.165. The first-order chi connectivity index (χ1) is 8.83. The van der Waals surface area contributed by atoms with E-state index in [2.05, 4.69) is 0 Å². The Bertz CT molecular complexity index is 514. The Labute approximate surface area is 119 Å². The number of rotatable bonds is 7. The van der Waals surface area contributed by atoms with Crippen molar-refractivity contribution in [2.24, 2.45) is 0 Å². The third-order valence-corrected chi connectivity index (χ3v) is 4.85. The van der Waals surface area contributed by atoms with Crippen LogP contribution in [-0.4, -0.2) is 29.8 Å². The third kappa shape index (κ3) is 5.30. The minimum atomic E-state index is -3.49. The molecular formula is C13H18ClNO3S. The van der Waals surface area contributed by atoms with Gasteiger partial charge in [0.1, 0.15) is 0 Å². The Morgan fingerprint density at radius 2 is 1.84 bits per heavy atom. The highest BCUT2D eigenvalue weighted by Crippen LogP contribution is 2.14. The highest BCUT2D eigenvalue weighted by Gasteiger charge is 2.25. The van der Waals surface area contributed by atoms with Crippen LogP contribution in [0.4, 0.5) is 0 Å². The number of hydrogen-bond acceptors (Lipinski definition) is 3. The van der Waals surface area contributed by atoms with Crippen molar-refractivity contribution < 1.29 is 13.2 Å². The highest BCUT2D eigenvalue weighted by atomic mass is 35.5. The smallest absolute Gasteiger partial charge is 0.222 e. The summed E-state index contributed by atoms with van der Waals surface area (Å²) in [5.74, 6) is -0.250. The van der Waals surface area contributed by atoms with E-state index in [1.807, 2.05) is 44.2 Å². The van der Waals surface area contributed by atoms with Crippen LogP contribution in [-0.2, 0) is 21.4 Å². The van der Waals surface area contributed by atoms with Crippen molar-refractivity contribution >= 4 is 26.9 Å². The zero-order chi connectivity index (χ0) is 14.5. The molecule has 0 aliphatic carbocycles. The average molecular weight is 304 g/mol. The standard InChI is InChI=1S/C13H18ClNO3S/c1-11(2)15(10-12-6-4-3-5-7-12)19(17,18)9-8-13(14)16/h3-7,11H,8-10H2,1-2H3. The van der Waals surface area contributed by atoms with Gasteiger partial charge in [0.2, 0.25) is 15.3 Å². The van der Waals surface area contributed by atoms with Gasteiger partial charge in [0.25, 0.3) is 0 Å². The fourth-order valence-corrected chi connectivity index (χ4v) is 3.56. The first-order valence-corrected chi connectivity index (χ1v) is 8.03. The quantitative estimate of drug-likeness (QED) is 0.727. The Morgan fingerprint density at radius 1 is 1.26 bits per heavy atom. The summed E-state index contributed by atoms with van der Waals surface area (Å²) < 4.78 is 25.8. The monoisotopic (exact) mass is 303 g/mol. The molecule has 0 fully saturated rings. The van der Waals surface area contributed by atoms with E-state index in [9.17, 15) is 13.2 Å². The lowest BCUT2D eigenvalue weighted by Gasteiger charge is -2.25. The SMILES string of the molecule is CC(C)N(Cc1ccccc1)S(=O)(=O)CCC(=O)Cl. The molecule has 0 amide bonds. The average Bonchev–Trinajstić information content (AvgIpc) is 2.34. The summed E-state index contributed by atoms with van der Waals surface area (Å²) in [4.78, 5) is 10.7. The molecule has 0 aliphatic rings. The van der Waals surface area contributed by atoms with Gasteiger partial charge in [0.05, 0.1) is 5.75 Å². The molecular weight excluding hydrogens is 286 g/mol. The van der Waals surface area contributed by atoms with Gasteiger partial charge in [0.15, 0.2) is 0 Å². The highest BCUT2D eigenvalue weighted by molar-refractivity contribution is 7.89. The summed E-state index contributed by atoms with van der Waals surface area (Å²) in [6.45, 7) is 3.92. The van der Waals surface area contributed by atoms with Crippen LogP contribution in [0.1, 0.15) is 25.8 Å². The van der Waals surface area contributed by atoms with Crippen LogP contribution in [0, 0.1) is 0 Å². The normalized spacial score (nSPS) is 12.1. The van der Waals surface area contributed by atoms with E-state index in [1.165, 1.54) is 4.31 Å². The number of carbonyl (C=O) groups excluding carboxylic acids is 1. The summed E-state index contributed by atoms with van der Waals surface area (Å²) >= 11 is 5.21. The number of halogens is 1. The van der Waals surface area contributed by atoms with E-state index >= 15 is 0 Å². The third-order valence-electron chi connectivity index (χ3n) is 2.67. The van der Waals surface area contributed by atoms with Gasteiger partial charge < -0.3 is 0 Å². The van der Waals surface area contributed by atoms with Gasteiger partial charge in [0, 0.05) is 19.0 Å². The van der Waals surface area contributed by atoms with Crippen molar-refractivity contribution in [3.63, 3.8) is 0 Å². The van der Waals surface area contributed by atoms with E-state index in [-0.39, 0.29) is 18.2 Å². The maximum absolute atomic E-state index is 12.2. The fourth-order valence-electron chi connectivity index (χ4n) is 1.69. The molecule has 6 heteroatoms. The van der Waals surface area contributed by atoms with Crippen molar-refractivity contribution in [1.29, 1.82) is 0 Å². The van der Waals surface area contributed by atoms with E-state index < -0.39 is 15.3 Å². The van der Waals surface area contributed by atoms with Gasteiger partial charge in [-0.1, -0.05) is 30.3 Å². The molecule has 0 N–H and O–H groups in total. The van der Waals surface area contributed by atoms with Gasteiger partial charge in [-0.3, -0.25) is 4.79 Å². The molecule has 1 aromatic rings. The molecule has 1 rings (SSSR count). The van der Waals surface area contributed by atoms with Gasteiger partial charge in [-0.05, 0) is 31.0 Å². The van der Waals surface area contributed by atoms with Crippen LogP contribution in [0.5, 0.6) is 0 Å². The number of hydrogen-bond donors (Lipinski definition) is 0. The summed E-state index contributed by atoms with van der Waals surface area (Å²) in [5.41, 5.74) is 0.914. The van der Waals surface area contributed by atoms with E-state index in [1.54, 1.807) is 0 Å². The van der Waals surface area contributed by atoms with Gasteiger partial charge in [-0.15, -0.1) is 0 Å². The molecule has 1 aromatic carbocycles. The summed E-state index contributed by atoms with van der Waals surface area (Å²) in [6, 6.07) is 9.18. The minimum Gasteiger partial charge on any atom is -0.281 e. The molecule has 0 heterocycles. The Hall–Kier alpha value is -0.910. The van der Waals surface area contributed by atoms with Crippen LogP contribution in [0.3, 0.4) is 0 Å². The molecule has 0 aliphatic heterocycles. The van der Waals surface area contributed by atoms with Crippen molar-refractivity contribution in [1.82, 2.24) is 4.31 Å². The van der Waals surface area contributed by atoms with Gasteiger partial charge >= 0.3 is 0 Å². The first-order valence-electron chi connectivity index (χ1n) is 6.04. The molecule has 19 heavy (non-hydrogen) atoms. The predicted molar refractivity (Wildman–Crippen MR) is 76.4 cm³/mol. The van der Waals surface area contributed by atoms with Gasteiger partial charge in [-0.25, -0.2) is 8.42 Å². The largest absolute Gasteiger partial charge is 0.281 e. The van der Waals surface area contributed by atoms with E-state index in [0.717, 1.165) is 5.56 Å². The second-order valence-corrected chi connectivity index (χ2v) is 7.01. The molecule has 0 atom stereocenters. The summed E-state index contributed by atoms with van der Waals surface area (Å²) in [7, 11) is -3.49. The van der Waals surface area contributed by atoms with E-state index in [0.29, 0.717) is 6.54 Å². The number of sulfonamides is 1. The Balaban J connectivity index is 2.85. The number of nitrogens with zero attached hydrogens (tertiary/aromatic N) is 1. The molecule has 0 aromatic heterocycles. The second kappa shape index (κ2) is 7.03. The molecule has 0 spiro atoms. The zero-order valence-electron chi connectivity index (χ0n) is 11.0. The van der Waals surface area contributed by atoms with Crippen molar-refractivity contribution in [2.75, 3.05) is 5.75 Å². The minimum absolute atomic E-state index is 0.165. The number of benzene rings is 1. The first kappa shape index (κ1) is 16.1. The Morgan fingerprint density at radius 3 is 2.32 bits per heavy atom. The topological polar surface area (TPSA) is 54.5 Å². The van der Waals surface area contributed by atoms with Crippen LogP contribution in [0.15, 0.2) is 30.3 Å². The predicted octanol–water partition coefficient (Wildman–Crippen LogP) is 2.38. The van der Waals surface area contributed by atoms with E-state index in [4.69, 9.17) is 11.6 Å². The van der Waals surface area contributed by atoms with Crippen LogP contribution in [0.25, 0.3) is 0 Å².